The first-order valence-corrected chi connectivity index (χ1v) is 5.00. The van der Waals surface area contributed by atoms with Crippen LogP contribution in [0, 0.1) is 0 Å². The standard InChI is InChI=1S/C13H11NO2/c15-9-12-7-11(8-14-12)13(16)6-10-4-2-1-3-5-10/h1-5,7-9,14H,6H2. The second kappa shape index (κ2) is 4.57. The van der Waals surface area contributed by atoms with Crippen molar-refractivity contribution < 1.29 is 9.59 Å². The third kappa shape index (κ3) is 2.25. The third-order valence-electron chi connectivity index (χ3n) is 2.36. The van der Waals surface area contributed by atoms with E-state index in [0.29, 0.717) is 24.0 Å². The molecule has 3 nitrogen and oxygen atoms in total. The number of ketones is 1. The predicted molar refractivity (Wildman–Crippen MR) is 60.7 cm³/mol. The van der Waals surface area contributed by atoms with Gasteiger partial charge in [-0.3, -0.25) is 9.59 Å². The van der Waals surface area contributed by atoms with Crippen LogP contribution in [0.3, 0.4) is 0 Å². The van der Waals surface area contributed by atoms with E-state index in [1.54, 1.807) is 12.3 Å². The van der Waals surface area contributed by atoms with Gasteiger partial charge in [-0.1, -0.05) is 30.3 Å². The summed E-state index contributed by atoms with van der Waals surface area (Å²) in [4.78, 5) is 25.0. The first-order valence-electron chi connectivity index (χ1n) is 5.00. The summed E-state index contributed by atoms with van der Waals surface area (Å²) in [6.45, 7) is 0. The highest BCUT2D eigenvalue weighted by molar-refractivity contribution is 5.98. The van der Waals surface area contributed by atoms with Gasteiger partial charge in [-0.15, -0.1) is 0 Å². The van der Waals surface area contributed by atoms with E-state index in [9.17, 15) is 9.59 Å². The summed E-state index contributed by atoms with van der Waals surface area (Å²) in [5.74, 6) is 0.00977. The normalized spacial score (nSPS) is 10.0. The minimum atomic E-state index is 0.00977. The SMILES string of the molecule is O=Cc1cc(C(=O)Cc2ccccc2)c[nH]1. The van der Waals surface area contributed by atoms with E-state index in [0.717, 1.165) is 5.56 Å². The number of carbonyl (C=O) groups excluding carboxylic acids is 2. The molecule has 0 atom stereocenters. The summed E-state index contributed by atoms with van der Waals surface area (Å²) in [6, 6.07) is 11.1. The Kier molecular flexibility index (Phi) is 2.96. The quantitative estimate of drug-likeness (QED) is 0.625. The minimum absolute atomic E-state index is 0.00977. The Bertz CT molecular complexity index is 500. The highest BCUT2D eigenvalue weighted by atomic mass is 16.1. The fraction of sp³-hybridized carbons (Fsp3) is 0.0769. The van der Waals surface area contributed by atoms with E-state index < -0.39 is 0 Å². The molecule has 3 heteroatoms. The van der Waals surface area contributed by atoms with Crippen LogP contribution in [-0.4, -0.2) is 17.1 Å². The molecule has 2 aromatic rings. The predicted octanol–water partition coefficient (Wildman–Crippen LogP) is 2.25. The Morgan fingerprint density at radius 3 is 2.62 bits per heavy atom. The van der Waals surface area contributed by atoms with Gasteiger partial charge >= 0.3 is 0 Å². The van der Waals surface area contributed by atoms with Crippen molar-refractivity contribution in [3.8, 4) is 0 Å². The number of aldehydes is 1. The number of H-pyrrole nitrogens is 1. The number of aromatic nitrogens is 1. The van der Waals surface area contributed by atoms with Crippen LogP contribution in [0.1, 0.15) is 26.4 Å². The second-order valence-corrected chi connectivity index (χ2v) is 3.55. The van der Waals surface area contributed by atoms with E-state index >= 15 is 0 Å². The Hall–Kier alpha value is -2.16. The van der Waals surface area contributed by atoms with Crippen molar-refractivity contribution in [2.45, 2.75) is 6.42 Å². The van der Waals surface area contributed by atoms with Crippen LogP contribution in [0.5, 0.6) is 0 Å². The Labute approximate surface area is 93.1 Å². The number of carbonyl (C=O) groups is 2. The lowest BCUT2D eigenvalue weighted by Gasteiger charge is -1.97. The van der Waals surface area contributed by atoms with Crippen LogP contribution in [0.15, 0.2) is 42.6 Å². The maximum Gasteiger partial charge on any atom is 0.168 e. The molecule has 0 aliphatic rings. The zero-order valence-corrected chi connectivity index (χ0v) is 8.64. The lowest BCUT2D eigenvalue weighted by Crippen LogP contribution is -2.01. The number of hydrogen-bond donors (Lipinski definition) is 1. The van der Waals surface area contributed by atoms with Gasteiger partial charge in [0.05, 0.1) is 5.69 Å². The van der Waals surface area contributed by atoms with Gasteiger partial charge in [0.1, 0.15) is 0 Å². The van der Waals surface area contributed by atoms with Gasteiger partial charge in [-0.05, 0) is 11.6 Å². The molecule has 1 heterocycles. The molecule has 1 aromatic carbocycles. The van der Waals surface area contributed by atoms with Crippen molar-refractivity contribution in [3.63, 3.8) is 0 Å². The molecule has 0 aliphatic carbocycles. The molecule has 0 spiro atoms. The summed E-state index contributed by atoms with van der Waals surface area (Å²) in [5.41, 5.74) is 1.95. The number of rotatable bonds is 4. The van der Waals surface area contributed by atoms with Gasteiger partial charge in [0.15, 0.2) is 12.1 Å². The number of aromatic amines is 1. The molecule has 0 radical (unpaired) electrons. The van der Waals surface area contributed by atoms with Gasteiger partial charge < -0.3 is 4.98 Å². The van der Waals surface area contributed by atoms with E-state index in [-0.39, 0.29) is 5.78 Å². The van der Waals surface area contributed by atoms with Crippen molar-refractivity contribution in [3.05, 3.63) is 59.4 Å². The molecule has 1 aromatic heterocycles. The van der Waals surface area contributed by atoms with Gasteiger partial charge in [0, 0.05) is 18.2 Å². The lowest BCUT2D eigenvalue weighted by atomic mass is 10.1. The Morgan fingerprint density at radius 2 is 2.00 bits per heavy atom. The fourth-order valence-corrected chi connectivity index (χ4v) is 1.52. The molecular weight excluding hydrogens is 202 g/mol. The highest BCUT2D eigenvalue weighted by Crippen LogP contribution is 2.08. The molecule has 0 unspecified atom stereocenters. The largest absolute Gasteiger partial charge is 0.358 e. The molecule has 0 saturated carbocycles. The lowest BCUT2D eigenvalue weighted by molar-refractivity contribution is 0.0993. The topological polar surface area (TPSA) is 49.9 Å². The van der Waals surface area contributed by atoms with Crippen LogP contribution >= 0.6 is 0 Å². The van der Waals surface area contributed by atoms with Crippen molar-refractivity contribution in [2.75, 3.05) is 0 Å². The third-order valence-corrected chi connectivity index (χ3v) is 2.36. The average Bonchev–Trinajstić information content (AvgIpc) is 2.79. The second-order valence-electron chi connectivity index (χ2n) is 3.55. The molecule has 0 amide bonds. The number of nitrogens with one attached hydrogen (secondary N) is 1. The van der Waals surface area contributed by atoms with Crippen molar-refractivity contribution in [2.24, 2.45) is 0 Å². The van der Waals surface area contributed by atoms with Crippen molar-refractivity contribution >= 4 is 12.1 Å². The van der Waals surface area contributed by atoms with Crippen LogP contribution in [0.25, 0.3) is 0 Å². The molecule has 0 aliphatic heterocycles. The highest BCUT2D eigenvalue weighted by Gasteiger charge is 2.08. The molecular formula is C13H11NO2. The van der Waals surface area contributed by atoms with E-state index in [1.165, 1.54) is 0 Å². The molecule has 0 saturated heterocycles. The Morgan fingerprint density at radius 1 is 1.25 bits per heavy atom. The molecule has 1 N–H and O–H groups in total. The van der Waals surface area contributed by atoms with Crippen LogP contribution < -0.4 is 0 Å². The van der Waals surface area contributed by atoms with Crippen LogP contribution in [-0.2, 0) is 6.42 Å². The number of Topliss-reactive ketones (excluding diaryl/α,β-unsaturated/α-hetero) is 1. The first kappa shape index (κ1) is 10.4. The molecule has 0 fully saturated rings. The zero-order chi connectivity index (χ0) is 11.4. The van der Waals surface area contributed by atoms with E-state index in [1.807, 2.05) is 30.3 Å². The molecule has 0 bridgehead atoms. The number of benzene rings is 1. The summed E-state index contributed by atoms with van der Waals surface area (Å²) < 4.78 is 0. The summed E-state index contributed by atoms with van der Waals surface area (Å²) in [5, 5.41) is 0. The van der Waals surface area contributed by atoms with Crippen molar-refractivity contribution in [1.29, 1.82) is 0 Å². The summed E-state index contributed by atoms with van der Waals surface area (Å²) in [7, 11) is 0. The van der Waals surface area contributed by atoms with Crippen LogP contribution in [0.2, 0.25) is 0 Å². The first-order chi connectivity index (χ1) is 7.79. The zero-order valence-electron chi connectivity index (χ0n) is 8.64. The molecule has 16 heavy (non-hydrogen) atoms. The van der Waals surface area contributed by atoms with E-state index in [2.05, 4.69) is 4.98 Å². The molecule has 80 valence electrons. The molecule has 2 rings (SSSR count). The summed E-state index contributed by atoms with van der Waals surface area (Å²) in [6.07, 6.45) is 2.62. The fourth-order valence-electron chi connectivity index (χ4n) is 1.52. The van der Waals surface area contributed by atoms with Gasteiger partial charge in [0.25, 0.3) is 0 Å². The number of hydrogen-bond acceptors (Lipinski definition) is 2. The van der Waals surface area contributed by atoms with E-state index in [4.69, 9.17) is 0 Å². The maximum atomic E-state index is 11.8. The van der Waals surface area contributed by atoms with Gasteiger partial charge in [0.2, 0.25) is 0 Å². The monoisotopic (exact) mass is 213 g/mol. The summed E-state index contributed by atoms with van der Waals surface area (Å²) >= 11 is 0. The van der Waals surface area contributed by atoms with Crippen LogP contribution in [0.4, 0.5) is 0 Å². The minimum Gasteiger partial charge on any atom is -0.358 e. The maximum absolute atomic E-state index is 11.8. The Balaban J connectivity index is 2.11. The smallest absolute Gasteiger partial charge is 0.168 e. The van der Waals surface area contributed by atoms with Gasteiger partial charge in [-0.25, -0.2) is 0 Å². The average molecular weight is 213 g/mol. The van der Waals surface area contributed by atoms with Crippen molar-refractivity contribution in [1.82, 2.24) is 4.98 Å². The van der Waals surface area contributed by atoms with Gasteiger partial charge in [-0.2, -0.15) is 0 Å².